The largest absolute Gasteiger partial charge is 0.497 e. The standard InChI is InChI=1S/C13H13NO4/c1-17-10-3-4-12-11(5-10)9(8-15)6-14(12)7-13(16)18-2/h3-6,8H,7H2,1-2H3. The van der Waals surface area contributed by atoms with Gasteiger partial charge in [-0.05, 0) is 18.2 Å². The van der Waals surface area contributed by atoms with Gasteiger partial charge in [0.2, 0.25) is 0 Å². The number of carbonyl (C=O) groups excluding carboxylic acids is 2. The minimum absolute atomic E-state index is 0.0766. The predicted molar refractivity (Wildman–Crippen MR) is 65.9 cm³/mol. The zero-order valence-electron chi connectivity index (χ0n) is 10.2. The highest BCUT2D eigenvalue weighted by Gasteiger charge is 2.11. The van der Waals surface area contributed by atoms with Gasteiger partial charge in [-0.2, -0.15) is 0 Å². The van der Waals surface area contributed by atoms with E-state index < -0.39 is 0 Å². The molecule has 0 aliphatic carbocycles. The van der Waals surface area contributed by atoms with Crippen molar-refractivity contribution in [2.45, 2.75) is 6.54 Å². The lowest BCUT2D eigenvalue weighted by molar-refractivity contribution is -0.141. The second-order valence-corrected chi connectivity index (χ2v) is 3.79. The van der Waals surface area contributed by atoms with Crippen molar-refractivity contribution < 1.29 is 19.1 Å². The maximum Gasteiger partial charge on any atom is 0.325 e. The number of hydrogen-bond donors (Lipinski definition) is 0. The van der Waals surface area contributed by atoms with Gasteiger partial charge in [-0.3, -0.25) is 9.59 Å². The van der Waals surface area contributed by atoms with Crippen molar-refractivity contribution in [2.24, 2.45) is 0 Å². The Hall–Kier alpha value is -2.30. The summed E-state index contributed by atoms with van der Waals surface area (Å²) in [4.78, 5) is 22.3. The summed E-state index contributed by atoms with van der Waals surface area (Å²) in [5.41, 5.74) is 1.32. The fourth-order valence-corrected chi connectivity index (χ4v) is 1.86. The molecule has 0 amide bonds. The second kappa shape index (κ2) is 4.91. The van der Waals surface area contributed by atoms with Gasteiger partial charge >= 0.3 is 5.97 Å². The molecule has 5 nitrogen and oxygen atoms in total. The van der Waals surface area contributed by atoms with E-state index in [0.717, 1.165) is 17.2 Å². The quantitative estimate of drug-likeness (QED) is 0.608. The van der Waals surface area contributed by atoms with Crippen LogP contribution in [0.5, 0.6) is 5.75 Å². The van der Waals surface area contributed by atoms with Gasteiger partial charge in [-0.15, -0.1) is 0 Å². The molecule has 0 aliphatic rings. The number of aldehydes is 1. The number of esters is 1. The van der Waals surface area contributed by atoms with Crippen LogP contribution in [0.2, 0.25) is 0 Å². The summed E-state index contributed by atoms with van der Waals surface area (Å²) in [7, 11) is 2.89. The lowest BCUT2D eigenvalue weighted by Crippen LogP contribution is -2.10. The van der Waals surface area contributed by atoms with Crippen LogP contribution in [0.4, 0.5) is 0 Å². The molecule has 18 heavy (non-hydrogen) atoms. The van der Waals surface area contributed by atoms with Gasteiger partial charge < -0.3 is 14.0 Å². The molecular formula is C13H13NO4. The summed E-state index contributed by atoms with van der Waals surface area (Å²) in [6, 6.07) is 5.36. The van der Waals surface area contributed by atoms with E-state index in [0.29, 0.717) is 11.3 Å². The van der Waals surface area contributed by atoms with E-state index in [4.69, 9.17) is 4.74 Å². The van der Waals surface area contributed by atoms with Crippen LogP contribution >= 0.6 is 0 Å². The number of ether oxygens (including phenoxy) is 2. The summed E-state index contributed by atoms with van der Waals surface area (Å²) in [5.74, 6) is 0.307. The Kier molecular flexibility index (Phi) is 3.32. The van der Waals surface area contributed by atoms with Crippen LogP contribution in [0.3, 0.4) is 0 Å². The van der Waals surface area contributed by atoms with E-state index in [1.807, 2.05) is 6.07 Å². The van der Waals surface area contributed by atoms with E-state index in [9.17, 15) is 9.59 Å². The molecule has 0 bridgehead atoms. The van der Waals surface area contributed by atoms with Gasteiger partial charge in [0, 0.05) is 22.7 Å². The number of rotatable bonds is 4. The number of fused-ring (bicyclic) bond motifs is 1. The van der Waals surface area contributed by atoms with Gasteiger partial charge in [0.25, 0.3) is 0 Å². The molecule has 1 heterocycles. The molecule has 0 spiro atoms. The van der Waals surface area contributed by atoms with Crippen molar-refractivity contribution in [3.8, 4) is 5.75 Å². The lowest BCUT2D eigenvalue weighted by atomic mass is 10.2. The number of aromatic nitrogens is 1. The van der Waals surface area contributed by atoms with E-state index in [-0.39, 0.29) is 12.5 Å². The first-order valence-corrected chi connectivity index (χ1v) is 5.38. The number of benzene rings is 1. The highest BCUT2D eigenvalue weighted by molar-refractivity contribution is 5.98. The molecule has 0 saturated heterocycles. The van der Waals surface area contributed by atoms with Crippen molar-refractivity contribution in [1.29, 1.82) is 0 Å². The fraction of sp³-hybridized carbons (Fsp3) is 0.231. The van der Waals surface area contributed by atoms with Gasteiger partial charge in [0.05, 0.1) is 14.2 Å². The second-order valence-electron chi connectivity index (χ2n) is 3.79. The maximum atomic E-state index is 11.3. The van der Waals surface area contributed by atoms with Gasteiger partial charge in [0.1, 0.15) is 12.3 Å². The van der Waals surface area contributed by atoms with Crippen molar-refractivity contribution >= 4 is 23.2 Å². The van der Waals surface area contributed by atoms with E-state index in [1.165, 1.54) is 7.11 Å². The normalized spacial score (nSPS) is 10.3. The van der Waals surface area contributed by atoms with E-state index in [1.54, 1.807) is 30.0 Å². The summed E-state index contributed by atoms with van der Waals surface area (Å²) in [6.07, 6.45) is 2.39. The summed E-state index contributed by atoms with van der Waals surface area (Å²) < 4.78 is 11.4. The molecule has 2 rings (SSSR count). The first kappa shape index (κ1) is 12.2. The molecule has 0 radical (unpaired) electrons. The summed E-state index contributed by atoms with van der Waals surface area (Å²) in [6.45, 7) is 0.0766. The smallest absolute Gasteiger partial charge is 0.325 e. The monoisotopic (exact) mass is 247 g/mol. The number of hydrogen-bond acceptors (Lipinski definition) is 4. The Bertz CT molecular complexity index is 600. The molecule has 1 aromatic carbocycles. The molecule has 0 saturated carbocycles. The third-order valence-electron chi connectivity index (χ3n) is 2.77. The van der Waals surface area contributed by atoms with Crippen LogP contribution in [-0.4, -0.2) is 31.0 Å². The Morgan fingerprint density at radius 2 is 2.17 bits per heavy atom. The van der Waals surface area contributed by atoms with Crippen molar-refractivity contribution in [2.75, 3.05) is 14.2 Å². The fourth-order valence-electron chi connectivity index (χ4n) is 1.86. The zero-order chi connectivity index (χ0) is 13.1. The number of nitrogens with zero attached hydrogens (tertiary/aromatic N) is 1. The molecule has 0 aliphatic heterocycles. The molecule has 0 atom stereocenters. The Balaban J connectivity index is 2.55. The Labute approximate surface area is 104 Å². The average molecular weight is 247 g/mol. The van der Waals surface area contributed by atoms with Gasteiger partial charge in [0.15, 0.2) is 6.29 Å². The third kappa shape index (κ3) is 2.07. The first-order chi connectivity index (χ1) is 8.69. The third-order valence-corrected chi connectivity index (χ3v) is 2.77. The molecule has 94 valence electrons. The topological polar surface area (TPSA) is 57.5 Å². The van der Waals surface area contributed by atoms with Gasteiger partial charge in [-0.1, -0.05) is 0 Å². The minimum Gasteiger partial charge on any atom is -0.497 e. The van der Waals surface area contributed by atoms with Crippen LogP contribution in [0, 0.1) is 0 Å². The molecular weight excluding hydrogens is 234 g/mol. The van der Waals surface area contributed by atoms with Crippen molar-refractivity contribution in [3.63, 3.8) is 0 Å². The Morgan fingerprint density at radius 3 is 2.78 bits per heavy atom. The highest BCUT2D eigenvalue weighted by Crippen LogP contribution is 2.25. The summed E-state index contributed by atoms with van der Waals surface area (Å²) in [5, 5.41) is 0.758. The SMILES string of the molecule is COC(=O)Cn1cc(C=O)c2cc(OC)ccc21. The molecule has 0 fully saturated rings. The minimum atomic E-state index is -0.361. The number of methoxy groups -OCH3 is 2. The molecule has 2 aromatic rings. The molecule has 0 N–H and O–H groups in total. The highest BCUT2D eigenvalue weighted by atomic mass is 16.5. The van der Waals surface area contributed by atoms with Crippen LogP contribution in [0.15, 0.2) is 24.4 Å². The predicted octanol–water partition coefficient (Wildman–Crippen LogP) is 1.64. The molecule has 5 heteroatoms. The van der Waals surface area contributed by atoms with Gasteiger partial charge in [-0.25, -0.2) is 0 Å². The average Bonchev–Trinajstić information content (AvgIpc) is 2.75. The zero-order valence-corrected chi connectivity index (χ0v) is 10.2. The van der Waals surface area contributed by atoms with Crippen LogP contribution in [0.1, 0.15) is 10.4 Å². The van der Waals surface area contributed by atoms with Crippen LogP contribution < -0.4 is 4.74 Å². The van der Waals surface area contributed by atoms with Crippen LogP contribution in [0.25, 0.3) is 10.9 Å². The number of carbonyl (C=O) groups is 2. The van der Waals surface area contributed by atoms with Crippen LogP contribution in [-0.2, 0) is 16.1 Å². The Morgan fingerprint density at radius 1 is 1.39 bits per heavy atom. The van der Waals surface area contributed by atoms with Crippen molar-refractivity contribution in [1.82, 2.24) is 4.57 Å². The van der Waals surface area contributed by atoms with E-state index >= 15 is 0 Å². The maximum absolute atomic E-state index is 11.3. The molecule has 0 unspecified atom stereocenters. The molecule has 1 aromatic heterocycles. The van der Waals surface area contributed by atoms with E-state index in [2.05, 4.69) is 4.74 Å². The lowest BCUT2D eigenvalue weighted by Gasteiger charge is -2.04. The van der Waals surface area contributed by atoms with Crippen molar-refractivity contribution in [3.05, 3.63) is 30.0 Å². The summed E-state index contributed by atoms with van der Waals surface area (Å²) >= 11 is 0. The first-order valence-electron chi connectivity index (χ1n) is 5.38.